The molecule has 0 aliphatic heterocycles. The molecule has 4 heteroatoms. The van der Waals surface area contributed by atoms with Crippen LogP contribution in [0.15, 0.2) is 30.6 Å². The second-order valence-corrected chi connectivity index (χ2v) is 3.47. The number of aromatic nitrogens is 2. The summed E-state index contributed by atoms with van der Waals surface area (Å²) in [5.74, 6) is 1.57. The maximum Gasteiger partial charge on any atom is 0.130 e. The molecule has 1 heterocycles. The lowest BCUT2D eigenvalue weighted by Crippen LogP contribution is -1.89. The Labute approximate surface area is 94.4 Å². The monoisotopic (exact) mass is 218 g/mol. The number of nitrogens with zero attached hydrogens (tertiary/aromatic N) is 2. The van der Waals surface area contributed by atoms with Gasteiger partial charge in [0.25, 0.3) is 0 Å². The van der Waals surface area contributed by atoms with E-state index >= 15 is 0 Å². The molecule has 0 unspecified atom stereocenters. The van der Waals surface area contributed by atoms with Crippen LogP contribution >= 0.6 is 0 Å². The fourth-order valence-electron chi connectivity index (χ4n) is 1.60. The first kappa shape index (κ1) is 10.5. The lowest BCUT2D eigenvalue weighted by Gasteiger charge is -2.08. The minimum absolute atomic E-state index is 0.782. The Morgan fingerprint density at radius 3 is 2.56 bits per heavy atom. The number of hydrogen-bond acceptors (Lipinski definition) is 3. The molecule has 0 fully saturated rings. The number of benzene rings is 1. The second kappa shape index (κ2) is 4.26. The van der Waals surface area contributed by atoms with E-state index in [1.807, 2.05) is 37.6 Å². The smallest absolute Gasteiger partial charge is 0.130 e. The van der Waals surface area contributed by atoms with Gasteiger partial charge in [-0.2, -0.15) is 5.10 Å². The number of methoxy groups -OCH3 is 2. The highest BCUT2D eigenvalue weighted by Crippen LogP contribution is 2.32. The molecule has 0 atom stereocenters. The van der Waals surface area contributed by atoms with Crippen LogP contribution < -0.4 is 9.47 Å². The van der Waals surface area contributed by atoms with Crippen LogP contribution in [0.2, 0.25) is 0 Å². The van der Waals surface area contributed by atoms with Crippen LogP contribution in [-0.4, -0.2) is 24.0 Å². The lowest BCUT2D eigenvalue weighted by molar-refractivity contribution is 0.395. The van der Waals surface area contributed by atoms with Gasteiger partial charge in [0.1, 0.15) is 11.5 Å². The third-order valence-corrected chi connectivity index (χ3v) is 2.42. The molecule has 2 aromatic rings. The molecule has 0 radical (unpaired) electrons. The second-order valence-electron chi connectivity index (χ2n) is 3.47. The zero-order valence-electron chi connectivity index (χ0n) is 9.60. The Kier molecular flexibility index (Phi) is 2.81. The Morgan fingerprint density at radius 1 is 1.19 bits per heavy atom. The molecule has 0 amide bonds. The Morgan fingerprint density at radius 2 is 2.00 bits per heavy atom. The predicted molar refractivity (Wildman–Crippen MR) is 61.7 cm³/mol. The van der Waals surface area contributed by atoms with Crippen molar-refractivity contribution in [3.8, 4) is 22.6 Å². The molecule has 4 nitrogen and oxygen atoms in total. The van der Waals surface area contributed by atoms with Crippen molar-refractivity contribution < 1.29 is 9.47 Å². The van der Waals surface area contributed by atoms with Gasteiger partial charge in [-0.25, -0.2) is 0 Å². The first-order valence-electron chi connectivity index (χ1n) is 4.95. The molecule has 0 spiro atoms. The van der Waals surface area contributed by atoms with E-state index < -0.39 is 0 Å². The fraction of sp³-hybridized carbons (Fsp3) is 0.250. The van der Waals surface area contributed by atoms with Crippen LogP contribution in [0.25, 0.3) is 11.1 Å². The van der Waals surface area contributed by atoms with Gasteiger partial charge in [-0.05, 0) is 12.1 Å². The first-order valence-corrected chi connectivity index (χ1v) is 4.95. The molecular formula is C12H14N2O2. The largest absolute Gasteiger partial charge is 0.497 e. The van der Waals surface area contributed by atoms with Crippen molar-refractivity contribution >= 4 is 0 Å². The highest BCUT2D eigenvalue weighted by atomic mass is 16.5. The van der Waals surface area contributed by atoms with Gasteiger partial charge in [-0.3, -0.25) is 4.68 Å². The highest BCUT2D eigenvalue weighted by Gasteiger charge is 2.08. The molecule has 0 saturated carbocycles. The molecule has 0 aliphatic carbocycles. The molecule has 16 heavy (non-hydrogen) atoms. The van der Waals surface area contributed by atoms with Crippen LogP contribution in [-0.2, 0) is 7.05 Å². The lowest BCUT2D eigenvalue weighted by atomic mass is 10.1. The maximum absolute atomic E-state index is 5.33. The summed E-state index contributed by atoms with van der Waals surface area (Å²) in [5, 5.41) is 4.14. The minimum Gasteiger partial charge on any atom is -0.497 e. The predicted octanol–water partition coefficient (Wildman–Crippen LogP) is 2.10. The average Bonchev–Trinajstić information content (AvgIpc) is 2.74. The van der Waals surface area contributed by atoms with E-state index in [-0.39, 0.29) is 0 Å². The van der Waals surface area contributed by atoms with Crippen LogP contribution in [0.3, 0.4) is 0 Å². The molecule has 0 aliphatic rings. The van der Waals surface area contributed by atoms with Crippen molar-refractivity contribution in [1.29, 1.82) is 0 Å². The van der Waals surface area contributed by atoms with Crippen molar-refractivity contribution in [3.63, 3.8) is 0 Å². The van der Waals surface area contributed by atoms with Gasteiger partial charge in [0.05, 0.1) is 20.4 Å². The summed E-state index contributed by atoms with van der Waals surface area (Å²) in [6, 6.07) is 5.74. The van der Waals surface area contributed by atoms with Crippen molar-refractivity contribution in [2.75, 3.05) is 14.2 Å². The summed E-state index contributed by atoms with van der Waals surface area (Å²) in [5.41, 5.74) is 2.04. The van der Waals surface area contributed by atoms with E-state index in [9.17, 15) is 0 Å². The van der Waals surface area contributed by atoms with Gasteiger partial charge in [-0.15, -0.1) is 0 Å². The summed E-state index contributed by atoms with van der Waals surface area (Å²) in [4.78, 5) is 0. The van der Waals surface area contributed by atoms with Gasteiger partial charge < -0.3 is 9.47 Å². The maximum atomic E-state index is 5.33. The topological polar surface area (TPSA) is 36.3 Å². The molecule has 0 saturated heterocycles. The van der Waals surface area contributed by atoms with Crippen LogP contribution in [0, 0.1) is 0 Å². The summed E-state index contributed by atoms with van der Waals surface area (Å²) in [6.45, 7) is 0. The third-order valence-electron chi connectivity index (χ3n) is 2.42. The van der Waals surface area contributed by atoms with E-state index in [1.165, 1.54) is 0 Å². The summed E-state index contributed by atoms with van der Waals surface area (Å²) >= 11 is 0. The van der Waals surface area contributed by atoms with Crippen LogP contribution in [0.4, 0.5) is 0 Å². The number of ether oxygens (including phenoxy) is 2. The van der Waals surface area contributed by atoms with Gasteiger partial charge in [-0.1, -0.05) is 0 Å². The van der Waals surface area contributed by atoms with E-state index in [1.54, 1.807) is 18.9 Å². The van der Waals surface area contributed by atoms with Gasteiger partial charge in [0, 0.05) is 30.4 Å². The molecule has 1 aromatic carbocycles. The SMILES string of the molecule is COc1ccc(-c2cnn(C)c2)c(OC)c1. The summed E-state index contributed by atoms with van der Waals surface area (Å²) in [6.07, 6.45) is 3.76. The Bertz CT molecular complexity index is 492. The molecule has 0 bridgehead atoms. The van der Waals surface area contributed by atoms with Crippen LogP contribution in [0.1, 0.15) is 0 Å². The normalized spacial score (nSPS) is 10.2. The van der Waals surface area contributed by atoms with Crippen molar-refractivity contribution in [2.24, 2.45) is 7.05 Å². The fourth-order valence-corrected chi connectivity index (χ4v) is 1.60. The number of aryl methyl sites for hydroxylation is 1. The summed E-state index contributed by atoms with van der Waals surface area (Å²) in [7, 11) is 5.17. The Hall–Kier alpha value is -1.97. The minimum atomic E-state index is 0.782. The van der Waals surface area contributed by atoms with Crippen molar-refractivity contribution in [1.82, 2.24) is 9.78 Å². The standard InChI is InChI=1S/C12H14N2O2/c1-14-8-9(7-13-14)11-5-4-10(15-2)6-12(11)16-3/h4-8H,1-3H3. The molecule has 2 rings (SSSR count). The van der Waals surface area contributed by atoms with Crippen molar-refractivity contribution in [3.05, 3.63) is 30.6 Å². The van der Waals surface area contributed by atoms with E-state index in [0.717, 1.165) is 22.6 Å². The zero-order valence-corrected chi connectivity index (χ0v) is 9.60. The van der Waals surface area contributed by atoms with E-state index in [2.05, 4.69) is 5.10 Å². The number of hydrogen-bond donors (Lipinski definition) is 0. The van der Waals surface area contributed by atoms with E-state index in [4.69, 9.17) is 9.47 Å². The summed E-state index contributed by atoms with van der Waals surface area (Å²) < 4.78 is 12.2. The molecule has 1 aromatic heterocycles. The average molecular weight is 218 g/mol. The molecule has 0 N–H and O–H groups in total. The molecule has 84 valence electrons. The third kappa shape index (κ3) is 1.86. The van der Waals surface area contributed by atoms with Crippen molar-refractivity contribution in [2.45, 2.75) is 0 Å². The van der Waals surface area contributed by atoms with Gasteiger partial charge >= 0.3 is 0 Å². The first-order chi connectivity index (χ1) is 7.74. The van der Waals surface area contributed by atoms with Gasteiger partial charge in [0.15, 0.2) is 0 Å². The number of rotatable bonds is 3. The quantitative estimate of drug-likeness (QED) is 0.791. The molecular weight excluding hydrogens is 204 g/mol. The highest BCUT2D eigenvalue weighted by molar-refractivity contribution is 5.70. The van der Waals surface area contributed by atoms with E-state index in [0.29, 0.717) is 0 Å². The Balaban J connectivity index is 2.48. The zero-order chi connectivity index (χ0) is 11.5. The van der Waals surface area contributed by atoms with Crippen LogP contribution in [0.5, 0.6) is 11.5 Å². The van der Waals surface area contributed by atoms with Gasteiger partial charge in [0.2, 0.25) is 0 Å².